The molecule has 0 amide bonds. The lowest BCUT2D eigenvalue weighted by Crippen LogP contribution is -2.16. The third kappa shape index (κ3) is 3.92. The molecule has 1 aliphatic rings. The standard InChI is InChI=1S/C43H26N4/c1-2-11-31-26-39(35(25-30(31)10-1)43-45-36-17-6-5-15-33(36)42(46-43)29-21-23-44-24-22-29)47-37-18-8-13-28-12-7-16-34(40(28)37)41-32-14-4-3-9-27(32)19-20-38(41)47/h1-26H. The molecule has 0 atom stereocenters. The number of para-hydroxylation sites is 1. The van der Waals surface area contributed by atoms with Crippen molar-refractivity contribution in [3.05, 3.63) is 158 Å². The highest BCUT2D eigenvalue weighted by Gasteiger charge is 2.30. The lowest BCUT2D eigenvalue weighted by Gasteiger charge is -2.35. The summed E-state index contributed by atoms with van der Waals surface area (Å²) < 4.78 is 0. The normalized spacial score (nSPS) is 12.2. The number of rotatable bonds is 3. The fourth-order valence-corrected chi connectivity index (χ4v) is 7.35. The van der Waals surface area contributed by atoms with E-state index in [0.717, 1.165) is 55.6 Å². The van der Waals surface area contributed by atoms with Crippen molar-refractivity contribution in [3.8, 4) is 33.8 Å². The van der Waals surface area contributed by atoms with E-state index in [0.29, 0.717) is 5.82 Å². The first-order chi connectivity index (χ1) is 23.3. The molecule has 0 spiro atoms. The van der Waals surface area contributed by atoms with Crippen molar-refractivity contribution in [2.75, 3.05) is 4.90 Å². The number of nitrogens with zero attached hydrogens (tertiary/aromatic N) is 4. The van der Waals surface area contributed by atoms with Crippen LogP contribution in [0, 0.1) is 0 Å². The molecule has 3 heterocycles. The molecule has 0 saturated heterocycles. The van der Waals surface area contributed by atoms with Crippen LogP contribution in [0.4, 0.5) is 17.1 Å². The molecule has 4 heteroatoms. The number of fused-ring (bicyclic) bond motifs is 6. The smallest absolute Gasteiger partial charge is 0.162 e. The number of benzene rings is 7. The van der Waals surface area contributed by atoms with Gasteiger partial charge in [0.25, 0.3) is 0 Å². The number of pyridine rings is 1. The summed E-state index contributed by atoms with van der Waals surface area (Å²) in [6.07, 6.45) is 3.64. The predicted molar refractivity (Wildman–Crippen MR) is 194 cm³/mol. The van der Waals surface area contributed by atoms with Gasteiger partial charge in [0.2, 0.25) is 0 Å². The number of anilines is 3. The van der Waals surface area contributed by atoms with E-state index in [1.165, 1.54) is 32.7 Å². The van der Waals surface area contributed by atoms with Crippen molar-refractivity contribution in [1.29, 1.82) is 0 Å². The van der Waals surface area contributed by atoms with Crippen molar-refractivity contribution in [2.24, 2.45) is 0 Å². The van der Waals surface area contributed by atoms with Crippen molar-refractivity contribution >= 4 is 60.3 Å². The molecular formula is C43H26N4. The van der Waals surface area contributed by atoms with Crippen LogP contribution >= 0.6 is 0 Å². The van der Waals surface area contributed by atoms with Crippen LogP contribution in [0.2, 0.25) is 0 Å². The summed E-state index contributed by atoms with van der Waals surface area (Å²) in [5, 5.41) is 8.24. The van der Waals surface area contributed by atoms with Crippen LogP contribution in [0.1, 0.15) is 0 Å². The van der Waals surface area contributed by atoms with E-state index in [9.17, 15) is 0 Å². The molecule has 9 aromatic rings. The van der Waals surface area contributed by atoms with Crippen molar-refractivity contribution in [2.45, 2.75) is 0 Å². The monoisotopic (exact) mass is 598 g/mol. The maximum absolute atomic E-state index is 5.34. The Morgan fingerprint density at radius 2 is 1.15 bits per heavy atom. The molecule has 0 radical (unpaired) electrons. The first-order valence-corrected chi connectivity index (χ1v) is 15.9. The molecule has 0 bridgehead atoms. The van der Waals surface area contributed by atoms with Gasteiger partial charge in [0, 0.05) is 39.9 Å². The average molecular weight is 599 g/mol. The van der Waals surface area contributed by atoms with Gasteiger partial charge in [0.15, 0.2) is 5.82 Å². The van der Waals surface area contributed by atoms with Gasteiger partial charge in [0.05, 0.1) is 28.3 Å². The summed E-state index contributed by atoms with van der Waals surface area (Å²) in [5.41, 5.74) is 9.60. The van der Waals surface area contributed by atoms with Gasteiger partial charge in [-0.15, -0.1) is 0 Å². The molecule has 10 rings (SSSR count). The zero-order valence-electron chi connectivity index (χ0n) is 25.3. The Hall–Kier alpha value is -6.39. The SMILES string of the molecule is c1ccc2cc(N3c4ccc5ccccc5c4-c4cccc5cccc3c45)c(-c3nc(-c4ccncc4)c4ccccc4n3)cc2c1. The molecule has 0 N–H and O–H groups in total. The minimum absolute atomic E-state index is 0.685. The third-order valence-electron chi connectivity index (χ3n) is 9.44. The van der Waals surface area contributed by atoms with E-state index >= 15 is 0 Å². The summed E-state index contributed by atoms with van der Waals surface area (Å²) in [5.74, 6) is 0.685. The highest BCUT2D eigenvalue weighted by atomic mass is 15.2. The van der Waals surface area contributed by atoms with Crippen LogP contribution < -0.4 is 4.90 Å². The van der Waals surface area contributed by atoms with Crippen LogP contribution in [0.3, 0.4) is 0 Å². The molecule has 0 unspecified atom stereocenters. The Morgan fingerprint density at radius 1 is 0.447 bits per heavy atom. The lowest BCUT2D eigenvalue weighted by molar-refractivity contribution is 1.21. The van der Waals surface area contributed by atoms with Crippen LogP contribution in [-0.2, 0) is 0 Å². The fraction of sp³-hybridized carbons (Fsp3) is 0. The third-order valence-corrected chi connectivity index (χ3v) is 9.44. The van der Waals surface area contributed by atoms with Crippen molar-refractivity contribution < 1.29 is 0 Å². The molecule has 0 saturated carbocycles. The maximum atomic E-state index is 5.34. The first-order valence-electron chi connectivity index (χ1n) is 15.9. The molecule has 218 valence electrons. The molecule has 1 aliphatic heterocycles. The van der Waals surface area contributed by atoms with E-state index in [-0.39, 0.29) is 0 Å². The van der Waals surface area contributed by atoms with Gasteiger partial charge in [-0.1, -0.05) is 103 Å². The van der Waals surface area contributed by atoms with Gasteiger partial charge >= 0.3 is 0 Å². The Morgan fingerprint density at radius 3 is 2.00 bits per heavy atom. The van der Waals surface area contributed by atoms with E-state index < -0.39 is 0 Å². The van der Waals surface area contributed by atoms with Gasteiger partial charge in [-0.05, 0) is 75.0 Å². The van der Waals surface area contributed by atoms with Gasteiger partial charge in [-0.25, -0.2) is 9.97 Å². The molecule has 7 aromatic carbocycles. The molecule has 47 heavy (non-hydrogen) atoms. The Bertz CT molecular complexity index is 2690. The van der Waals surface area contributed by atoms with Crippen molar-refractivity contribution in [3.63, 3.8) is 0 Å². The van der Waals surface area contributed by atoms with Gasteiger partial charge in [0.1, 0.15) is 0 Å². The van der Waals surface area contributed by atoms with Gasteiger partial charge < -0.3 is 4.90 Å². The van der Waals surface area contributed by atoms with Gasteiger partial charge in [-0.2, -0.15) is 0 Å². The van der Waals surface area contributed by atoms with E-state index in [2.05, 4.69) is 131 Å². The summed E-state index contributed by atoms with van der Waals surface area (Å²) in [7, 11) is 0. The highest BCUT2D eigenvalue weighted by molar-refractivity contribution is 6.20. The van der Waals surface area contributed by atoms with Gasteiger partial charge in [-0.3, -0.25) is 4.98 Å². The van der Waals surface area contributed by atoms with Crippen LogP contribution in [-0.4, -0.2) is 15.0 Å². The lowest BCUT2D eigenvalue weighted by atomic mass is 9.87. The summed E-state index contributed by atoms with van der Waals surface area (Å²) in [4.78, 5) is 17.3. The first kappa shape index (κ1) is 25.9. The number of hydrogen-bond acceptors (Lipinski definition) is 4. The summed E-state index contributed by atoms with van der Waals surface area (Å²) in [6, 6.07) is 51.9. The van der Waals surface area contributed by atoms with E-state index in [4.69, 9.17) is 9.97 Å². The minimum atomic E-state index is 0.685. The maximum Gasteiger partial charge on any atom is 0.162 e. The molecule has 2 aromatic heterocycles. The topological polar surface area (TPSA) is 41.9 Å². The quantitative estimate of drug-likeness (QED) is 0.203. The zero-order valence-corrected chi connectivity index (χ0v) is 25.3. The summed E-state index contributed by atoms with van der Waals surface area (Å²) in [6.45, 7) is 0. The number of hydrogen-bond donors (Lipinski definition) is 0. The van der Waals surface area contributed by atoms with E-state index in [1.54, 1.807) is 0 Å². The average Bonchev–Trinajstić information content (AvgIpc) is 3.14. The van der Waals surface area contributed by atoms with Crippen LogP contribution in [0.5, 0.6) is 0 Å². The largest absolute Gasteiger partial charge is 0.308 e. The molecule has 0 aliphatic carbocycles. The Kier molecular flexibility index (Phi) is 5.54. The Labute approximate surface area is 271 Å². The van der Waals surface area contributed by atoms with Crippen LogP contribution in [0.15, 0.2) is 158 Å². The molecular weight excluding hydrogens is 573 g/mol. The van der Waals surface area contributed by atoms with Crippen LogP contribution in [0.25, 0.3) is 77.0 Å². The second kappa shape index (κ2) is 10.1. The molecule has 4 nitrogen and oxygen atoms in total. The molecule has 0 fully saturated rings. The predicted octanol–water partition coefficient (Wildman–Crippen LogP) is 11.3. The zero-order chi connectivity index (χ0) is 30.9. The second-order valence-electron chi connectivity index (χ2n) is 12.1. The summed E-state index contributed by atoms with van der Waals surface area (Å²) >= 11 is 0. The Balaban J connectivity index is 1.34. The second-order valence-corrected chi connectivity index (χ2v) is 12.1. The fourth-order valence-electron chi connectivity index (χ4n) is 7.35. The minimum Gasteiger partial charge on any atom is -0.308 e. The number of aromatic nitrogens is 3. The highest BCUT2D eigenvalue weighted by Crippen LogP contribution is 2.54. The van der Waals surface area contributed by atoms with E-state index in [1.807, 2.05) is 36.7 Å². The van der Waals surface area contributed by atoms with Crippen molar-refractivity contribution in [1.82, 2.24) is 15.0 Å².